The van der Waals surface area contributed by atoms with E-state index in [1.165, 1.54) is 24.3 Å². The summed E-state index contributed by atoms with van der Waals surface area (Å²) in [5.41, 5.74) is 5.26. The van der Waals surface area contributed by atoms with Gasteiger partial charge in [-0.05, 0) is 24.3 Å². The standard InChI is InChI=1S/C14H13F3N2O4/c15-14(16,17)10-6-19(5-9(10)13(22)23)12(21)8-3-1-7(2-4-8)11(18)20/h1-4,9-10H,5-6H2,(H2,18,20)(H,22,23)/t9-,10-/m1/s1. The minimum absolute atomic E-state index is 0.0574. The van der Waals surface area contributed by atoms with Gasteiger partial charge in [0, 0.05) is 24.2 Å². The molecule has 124 valence electrons. The number of primary amides is 1. The van der Waals surface area contributed by atoms with Gasteiger partial charge in [-0.2, -0.15) is 13.2 Å². The van der Waals surface area contributed by atoms with E-state index in [2.05, 4.69) is 0 Å². The third-order valence-corrected chi connectivity index (χ3v) is 3.76. The Hall–Kier alpha value is -2.58. The van der Waals surface area contributed by atoms with Crippen molar-refractivity contribution in [3.63, 3.8) is 0 Å². The van der Waals surface area contributed by atoms with Crippen LogP contribution in [0.1, 0.15) is 20.7 Å². The van der Waals surface area contributed by atoms with Crippen LogP contribution in [0.3, 0.4) is 0 Å². The van der Waals surface area contributed by atoms with Crippen LogP contribution in [0.4, 0.5) is 13.2 Å². The smallest absolute Gasteiger partial charge is 0.394 e. The SMILES string of the molecule is NC(=O)c1ccc(C(=O)N2C[C@@H](C(F)(F)F)[C@H](C(=O)O)C2)cc1. The molecule has 2 amide bonds. The fourth-order valence-corrected chi connectivity index (χ4v) is 2.51. The average molecular weight is 330 g/mol. The van der Waals surface area contributed by atoms with Crippen molar-refractivity contribution in [1.29, 1.82) is 0 Å². The van der Waals surface area contributed by atoms with Crippen LogP contribution in [-0.2, 0) is 4.79 Å². The largest absolute Gasteiger partial charge is 0.481 e. The van der Waals surface area contributed by atoms with Crippen LogP contribution in [0.5, 0.6) is 0 Å². The molecule has 2 atom stereocenters. The predicted octanol–water partition coefficient (Wildman–Crippen LogP) is 1.12. The summed E-state index contributed by atoms with van der Waals surface area (Å²) in [6.07, 6.45) is -4.70. The van der Waals surface area contributed by atoms with E-state index in [9.17, 15) is 27.6 Å². The Kier molecular flexibility index (Phi) is 4.31. The molecule has 6 nitrogen and oxygen atoms in total. The number of carbonyl (C=O) groups is 3. The molecule has 0 aliphatic carbocycles. The van der Waals surface area contributed by atoms with E-state index >= 15 is 0 Å². The van der Waals surface area contributed by atoms with Gasteiger partial charge in [-0.15, -0.1) is 0 Å². The average Bonchev–Trinajstić information content (AvgIpc) is 2.92. The Morgan fingerprint density at radius 1 is 1.09 bits per heavy atom. The molecule has 0 spiro atoms. The quantitative estimate of drug-likeness (QED) is 0.867. The van der Waals surface area contributed by atoms with Crippen LogP contribution in [-0.4, -0.2) is 47.1 Å². The normalized spacial score (nSPS) is 21.3. The third-order valence-electron chi connectivity index (χ3n) is 3.76. The lowest BCUT2D eigenvalue weighted by atomic mass is 9.96. The number of carbonyl (C=O) groups excluding carboxylic acids is 2. The second-order valence-electron chi connectivity index (χ2n) is 5.24. The summed E-state index contributed by atoms with van der Waals surface area (Å²) in [6.45, 7) is -1.23. The van der Waals surface area contributed by atoms with Gasteiger partial charge >= 0.3 is 12.1 Å². The number of nitrogens with zero attached hydrogens (tertiary/aromatic N) is 1. The molecule has 23 heavy (non-hydrogen) atoms. The first kappa shape index (κ1) is 16.8. The second-order valence-corrected chi connectivity index (χ2v) is 5.24. The summed E-state index contributed by atoms with van der Waals surface area (Å²) >= 11 is 0. The van der Waals surface area contributed by atoms with Gasteiger partial charge < -0.3 is 15.7 Å². The van der Waals surface area contributed by atoms with E-state index in [4.69, 9.17) is 10.8 Å². The number of halogens is 3. The van der Waals surface area contributed by atoms with E-state index in [1.807, 2.05) is 0 Å². The highest BCUT2D eigenvalue weighted by molar-refractivity contribution is 5.97. The van der Waals surface area contributed by atoms with E-state index in [1.54, 1.807) is 0 Å². The summed E-state index contributed by atoms with van der Waals surface area (Å²) in [7, 11) is 0. The highest BCUT2D eigenvalue weighted by Gasteiger charge is 2.53. The van der Waals surface area contributed by atoms with Crippen LogP contribution in [0, 0.1) is 11.8 Å². The van der Waals surface area contributed by atoms with Crippen LogP contribution in [0.15, 0.2) is 24.3 Å². The molecule has 1 aromatic carbocycles. The molecule has 1 saturated heterocycles. The van der Waals surface area contributed by atoms with Crippen LogP contribution in [0.2, 0.25) is 0 Å². The summed E-state index contributed by atoms with van der Waals surface area (Å²) in [6, 6.07) is 5.08. The van der Waals surface area contributed by atoms with E-state index < -0.39 is 48.9 Å². The molecular weight excluding hydrogens is 317 g/mol. The van der Waals surface area contributed by atoms with Gasteiger partial charge in [0.1, 0.15) is 0 Å². The number of alkyl halides is 3. The Morgan fingerprint density at radius 2 is 1.61 bits per heavy atom. The Labute approximate surface area is 128 Å². The molecular formula is C14H13F3N2O4. The summed E-state index contributed by atoms with van der Waals surface area (Å²) in [4.78, 5) is 35.0. The lowest BCUT2D eigenvalue weighted by Crippen LogP contribution is -2.34. The number of carboxylic acids is 1. The molecule has 0 unspecified atom stereocenters. The number of hydrogen-bond acceptors (Lipinski definition) is 3. The molecule has 1 aliphatic rings. The lowest BCUT2D eigenvalue weighted by molar-refractivity contribution is -0.187. The first-order chi connectivity index (χ1) is 10.6. The van der Waals surface area contributed by atoms with Gasteiger partial charge in [-0.3, -0.25) is 14.4 Å². The topological polar surface area (TPSA) is 101 Å². The van der Waals surface area contributed by atoms with Crippen molar-refractivity contribution in [2.45, 2.75) is 6.18 Å². The number of hydrogen-bond donors (Lipinski definition) is 2. The first-order valence-corrected chi connectivity index (χ1v) is 6.60. The molecule has 0 saturated carbocycles. The number of likely N-dealkylation sites (tertiary alicyclic amines) is 1. The van der Waals surface area contributed by atoms with Crippen LogP contribution < -0.4 is 5.73 Å². The number of benzene rings is 1. The minimum atomic E-state index is -4.70. The fourth-order valence-electron chi connectivity index (χ4n) is 2.51. The molecule has 1 heterocycles. The summed E-state index contributed by atoms with van der Waals surface area (Å²) in [5, 5.41) is 8.93. The van der Waals surface area contributed by atoms with Crippen molar-refractivity contribution >= 4 is 17.8 Å². The molecule has 1 fully saturated rings. The van der Waals surface area contributed by atoms with Crippen molar-refractivity contribution < 1.29 is 32.7 Å². The van der Waals surface area contributed by atoms with Crippen molar-refractivity contribution in [1.82, 2.24) is 4.90 Å². The third kappa shape index (κ3) is 3.43. The number of nitrogens with two attached hydrogens (primary N) is 1. The van der Waals surface area contributed by atoms with Gasteiger partial charge in [0.15, 0.2) is 0 Å². The zero-order valence-corrected chi connectivity index (χ0v) is 11.7. The van der Waals surface area contributed by atoms with E-state index in [0.29, 0.717) is 0 Å². The zero-order chi connectivity index (χ0) is 17.4. The van der Waals surface area contributed by atoms with E-state index in [-0.39, 0.29) is 11.1 Å². The maximum Gasteiger partial charge on any atom is 0.394 e. The maximum atomic E-state index is 12.9. The highest BCUT2D eigenvalue weighted by atomic mass is 19.4. The molecule has 1 aliphatic heterocycles. The van der Waals surface area contributed by atoms with Gasteiger partial charge in [-0.1, -0.05) is 0 Å². The summed E-state index contributed by atoms with van der Waals surface area (Å²) in [5.74, 6) is -6.81. The van der Waals surface area contributed by atoms with Gasteiger partial charge in [0.25, 0.3) is 5.91 Å². The van der Waals surface area contributed by atoms with Crippen LogP contribution >= 0.6 is 0 Å². The monoisotopic (exact) mass is 330 g/mol. The Bertz CT molecular complexity index is 642. The number of amides is 2. The zero-order valence-electron chi connectivity index (χ0n) is 11.7. The van der Waals surface area contributed by atoms with Crippen molar-refractivity contribution in [3.8, 4) is 0 Å². The van der Waals surface area contributed by atoms with Crippen molar-refractivity contribution in [2.24, 2.45) is 17.6 Å². The fraction of sp³-hybridized carbons (Fsp3) is 0.357. The van der Waals surface area contributed by atoms with Gasteiger partial charge in [0.05, 0.1) is 11.8 Å². The molecule has 0 aromatic heterocycles. The van der Waals surface area contributed by atoms with Crippen molar-refractivity contribution in [2.75, 3.05) is 13.1 Å². The maximum absolute atomic E-state index is 12.9. The Balaban J connectivity index is 2.20. The van der Waals surface area contributed by atoms with E-state index in [0.717, 1.165) is 4.90 Å². The molecule has 9 heteroatoms. The summed E-state index contributed by atoms with van der Waals surface area (Å²) < 4.78 is 38.7. The number of aliphatic carboxylic acids is 1. The van der Waals surface area contributed by atoms with Gasteiger partial charge in [-0.25, -0.2) is 0 Å². The highest BCUT2D eigenvalue weighted by Crippen LogP contribution is 2.38. The Morgan fingerprint density at radius 3 is 2.00 bits per heavy atom. The molecule has 3 N–H and O–H groups in total. The second kappa shape index (κ2) is 5.90. The number of rotatable bonds is 3. The lowest BCUT2D eigenvalue weighted by Gasteiger charge is -2.18. The molecule has 1 aromatic rings. The molecule has 2 rings (SSSR count). The van der Waals surface area contributed by atoms with Gasteiger partial charge in [0.2, 0.25) is 5.91 Å². The first-order valence-electron chi connectivity index (χ1n) is 6.60. The minimum Gasteiger partial charge on any atom is -0.481 e. The van der Waals surface area contributed by atoms with Crippen molar-refractivity contribution in [3.05, 3.63) is 35.4 Å². The molecule has 0 bridgehead atoms. The number of carboxylic acid groups (broad SMARTS) is 1. The predicted molar refractivity (Wildman–Crippen MR) is 71.5 cm³/mol. The molecule has 0 radical (unpaired) electrons. The van der Waals surface area contributed by atoms with Crippen LogP contribution in [0.25, 0.3) is 0 Å².